The number of likely N-dealkylation sites (N-methyl/N-ethyl adjacent to an activating group) is 2. The third-order valence-corrected chi connectivity index (χ3v) is 3.92. The molecule has 1 aromatic carbocycles. The van der Waals surface area contributed by atoms with Crippen LogP contribution in [0, 0.1) is 6.92 Å². The zero-order chi connectivity index (χ0) is 15.6. The Hall–Kier alpha value is -1.81. The van der Waals surface area contributed by atoms with E-state index in [1.807, 2.05) is 33.0 Å². The molecule has 114 valence electrons. The summed E-state index contributed by atoms with van der Waals surface area (Å²) in [6.45, 7) is 4.32. The molecule has 0 aliphatic carbocycles. The van der Waals surface area contributed by atoms with Gasteiger partial charge in [-0.3, -0.25) is 0 Å². The molecule has 0 bridgehead atoms. The van der Waals surface area contributed by atoms with Crippen molar-refractivity contribution in [2.45, 2.75) is 25.9 Å². The van der Waals surface area contributed by atoms with E-state index in [0.29, 0.717) is 6.61 Å². The fourth-order valence-corrected chi connectivity index (χ4v) is 2.73. The molecular formula is C17H24N2O2. The number of nitrogens with zero attached hydrogens (tertiary/aromatic N) is 2. The van der Waals surface area contributed by atoms with Crippen molar-refractivity contribution in [2.75, 3.05) is 27.7 Å². The molecule has 0 unspecified atom stereocenters. The molecule has 0 spiro atoms. The van der Waals surface area contributed by atoms with Crippen LogP contribution in [-0.4, -0.2) is 55.6 Å². The van der Waals surface area contributed by atoms with Gasteiger partial charge < -0.3 is 14.5 Å². The van der Waals surface area contributed by atoms with Gasteiger partial charge in [0.2, 0.25) is 0 Å². The number of hydrogen-bond acceptors (Lipinski definition) is 4. The van der Waals surface area contributed by atoms with Crippen molar-refractivity contribution in [3.8, 4) is 0 Å². The van der Waals surface area contributed by atoms with E-state index in [0.717, 1.165) is 11.3 Å². The van der Waals surface area contributed by atoms with Crippen LogP contribution < -0.4 is 0 Å². The van der Waals surface area contributed by atoms with E-state index in [4.69, 9.17) is 4.74 Å². The summed E-state index contributed by atoms with van der Waals surface area (Å²) in [7, 11) is 5.93. The van der Waals surface area contributed by atoms with Crippen LogP contribution in [0.4, 0.5) is 0 Å². The average molecular weight is 288 g/mol. The van der Waals surface area contributed by atoms with Crippen LogP contribution in [-0.2, 0) is 9.53 Å². The lowest BCUT2D eigenvalue weighted by atomic mass is 10.1. The number of hydrogen-bond donors (Lipinski definition) is 0. The number of carbonyl (C=O) groups is 1. The Morgan fingerprint density at radius 3 is 2.43 bits per heavy atom. The molecule has 0 fully saturated rings. The quantitative estimate of drug-likeness (QED) is 0.795. The van der Waals surface area contributed by atoms with E-state index >= 15 is 0 Å². The zero-order valence-electron chi connectivity index (χ0n) is 13.5. The third-order valence-electron chi connectivity index (χ3n) is 3.92. The maximum Gasteiger partial charge on any atom is 0.330 e. The van der Waals surface area contributed by atoms with Crippen LogP contribution in [0.15, 0.2) is 30.3 Å². The summed E-state index contributed by atoms with van der Waals surface area (Å²) in [6.07, 6.45) is 2.15. The van der Waals surface area contributed by atoms with E-state index in [2.05, 4.69) is 42.2 Å². The van der Waals surface area contributed by atoms with Crippen molar-refractivity contribution in [3.63, 3.8) is 0 Å². The van der Waals surface area contributed by atoms with Gasteiger partial charge in [-0.15, -0.1) is 0 Å². The van der Waals surface area contributed by atoms with Crippen LogP contribution in [0.25, 0.3) is 5.70 Å². The summed E-state index contributed by atoms with van der Waals surface area (Å²) >= 11 is 0. The largest absolute Gasteiger partial charge is 0.464 e. The van der Waals surface area contributed by atoms with Gasteiger partial charge in [0.1, 0.15) is 6.04 Å². The summed E-state index contributed by atoms with van der Waals surface area (Å²) < 4.78 is 5.24. The van der Waals surface area contributed by atoms with Crippen LogP contribution in [0.2, 0.25) is 0 Å². The lowest BCUT2D eigenvalue weighted by molar-refractivity contribution is -0.148. The summed E-state index contributed by atoms with van der Waals surface area (Å²) in [5.74, 6) is -0.169. The van der Waals surface area contributed by atoms with Crippen molar-refractivity contribution in [1.29, 1.82) is 0 Å². The molecule has 2 rings (SSSR count). The van der Waals surface area contributed by atoms with Crippen LogP contribution in [0.3, 0.4) is 0 Å². The molecule has 4 heteroatoms. The first-order valence-electron chi connectivity index (χ1n) is 7.30. The number of aryl methyl sites for hydroxylation is 1. The molecule has 0 aromatic heterocycles. The predicted octanol–water partition coefficient (Wildman–Crippen LogP) is 2.14. The second kappa shape index (κ2) is 6.31. The van der Waals surface area contributed by atoms with Gasteiger partial charge in [-0.25, -0.2) is 4.79 Å². The maximum absolute atomic E-state index is 12.3. The van der Waals surface area contributed by atoms with Crippen LogP contribution in [0.1, 0.15) is 18.1 Å². The van der Waals surface area contributed by atoms with Gasteiger partial charge in [-0.1, -0.05) is 29.8 Å². The fraction of sp³-hybridized carbons (Fsp3) is 0.471. The zero-order valence-corrected chi connectivity index (χ0v) is 13.5. The second-order valence-electron chi connectivity index (χ2n) is 5.68. The van der Waals surface area contributed by atoms with Crippen molar-refractivity contribution in [2.24, 2.45) is 0 Å². The minimum atomic E-state index is -0.295. The van der Waals surface area contributed by atoms with Crippen molar-refractivity contribution >= 4 is 11.7 Å². The Bertz CT molecular complexity index is 534. The van der Waals surface area contributed by atoms with Crippen LogP contribution >= 0.6 is 0 Å². The number of benzene rings is 1. The molecule has 2 atom stereocenters. The number of rotatable bonds is 4. The van der Waals surface area contributed by atoms with Gasteiger partial charge in [0.15, 0.2) is 0 Å². The number of ether oxygens (including phenoxy) is 1. The van der Waals surface area contributed by atoms with E-state index in [1.165, 1.54) is 5.56 Å². The molecule has 1 aliphatic rings. The minimum absolute atomic E-state index is 0.0188. The summed E-state index contributed by atoms with van der Waals surface area (Å²) in [5.41, 5.74) is 3.43. The molecule has 0 N–H and O–H groups in total. The first-order valence-corrected chi connectivity index (χ1v) is 7.30. The normalized spacial score (nSPS) is 21.6. The van der Waals surface area contributed by atoms with Gasteiger partial charge in [-0.05, 0) is 39.6 Å². The third kappa shape index (κ3) is 3.10. The summed E-state index contributed by atoms with van der Waals surface area (Å²) in [5, 5.41) is 0. The van der Waals surface area contributed by atoms with E-state index in [1.54, 1.807) is 0 Å². The topological polar surface area (TPSA) is 32.8 Å². The fourth-order valence-electron chi connectivity index (χ4n) is 2.73. The molecule has 0 saturated carbocycles. The Balaban J connectivity index is 2.33. The van der Waals surface area contributed by atoms with E-state index in [-0.39, 0.29) is 18.1 Å². The summed E-state index contributed by atoms with van der Waals surface area (Å²) in [6, 6.07) is 8.09. The van der Waals surface area contributed by atoms with Gasteiger partial charge >= 0.3 is 5.97 Å². The molecular weight excluding hydrogens is 264 g/mol. The molecule has 1 aliphatic heterocycles. The second-order valence-corrected chi connectivity index (χ2v) is 5.68. The standard InChI is InChI=1S/C17H24N2O2/c1-6-21-17(20)16-15(18(3)4)11-14(19(16)5)13-9-7-12(2)8-10-13/h7-11,15-16H,6H2,1-5H3/t15-,16-/m1/s1. The Morgan fingerprint density at radius 1 is 1.29 bits per heavy atom. The SMILES string of the molecule is CCOC(=O)[C@H]1[C@H](N(C)C)C=C(c2ccc(C)cc2)N1C. The summed E-state index contributed by atoms with van der Waals surface area (Å²) in [4.78, 5) is 16.4. The Kier molecular flexibility index (Phi) is 4.68. The highest BCUT2D eigenvalue weighted by molar-refractivity contribution is 5.83. The molecule has 0 saturated heterocycles. The van der Waals surface area contributed by atoms with Gasteiger partial charge in [0.25, 0.3) is 0 Å². The highest BCUT2D eigenvalue weighted by Crippen LogP contribution is 2.31. The monoisotopic (exact) mass is 288 g/mol. The molecule has 1 aromatic rings. The van der Waals surface area contributed by atoms with Gasteiger partial charge in [0, 0.05) is 12.7 Å². The van der Waals surface area contributed by atoms with Crippen LogP contribution in [0.5, 0.6) is 0 Å². The van der Waals surface area contributed by atoms with E-state index < -0.39 is 0 Å². The van der Waals surface area contributed by atoms with Gasteiger partial charge in [-0.2, -0.15) is 0 Å². The number of esters is 1. The van der Waals surface area contributed by atoms with Gasteiger partial charge in [0.05, 0.1) is 12.6 Å². The highest BCUT2D eigenvalue weighted by Gasteiger charge is 2.39. The van der Waals surface area contributed by atoms with Crippen molar-refractivity contribution in [1.82, 2.24) is 9.80 Å². The molecule has 21 heavy (non-hydrogen) atoms. The van der Waals surface area contributed by atoms with E-state index in [9.17, 15) is 4.79 Å². The van der Waals surface area contributed by atoms with Crippen molar-refractivity contribution < 1.29 is 9.53 Å². The lowest BCUT2D eigenvalue weighted by Crippen LogP contribution is -2.47. The average Bonchev–Trinajstić information content (AvgIpc) is 2.78. The minimum Gasteiger partial charge on any atom is -0.464 e. The smallest absolute Gasteiger partial charge is 0.330 e. The highest BCUT2D eigenvalue weighted by atomic mass is 16.5. The lowest BCUT2D eigenvalue weighted by Gasteiger charge is -2.29. The Labute approximate surface area is 127 Å². The van der Waals surface area contributed by atoms with Crippen molar-refractivity contribution in [3.05, 3.63) is 41.5 Å². The molecule has 4 nitrogen and oxygen atoms in total. The molecule has 0 amide bonds. The molecule has 0 radical (unpaired) electrons. The predicted molar refractivity (Wildman–Crippen MR) is 84.8 cm³/mol. The Morgan fingerprint density at radius 2 is 1.90 bits per heavy atom. The maximum atomic E-state index is 12.3. The molecule has 1 heterocycles. The number of carbonyl (C=O) groups excluding carboxylic acids is 1. The first-order chi connectivity index (χ1) is 9.95. The first kappa shape index (κ1) is 15.6.